The number of alkyl halides is 2. The first-order chi connectivity index (χ1) is 13.9. The Morgan fingerprint density at radius 3 is 2.45 bits per heavy atom. The normalized spacial score (nSPS) is 12.4. The van der Waals surface area contributed by atoms with Crippen molar-refractivity contribution in [2.24, 2.45) is 0 Å². The van der Waals surface area contributed by atoms with Crippen LogP contribution in [-0.2, 0) is 6.54 Å². The standard InChI is InChI=1S/C21H23F2N3O3/c1-13-5-8-16(9-6-13)20-25-24-19(29-20)14(2)26(3)12-15-7-10-17(28-21(22)23)18(11-15)27-4/h5-11,14,21H,12H2,1-4H3. The molecule has 1 atom stereocenters. The van der Waals surface area contributed by atoms with E-state index in [-0.39, 0.29) is 17.5 Å². The minimum atomic E-state index is -2.90. The maximum atomic E-state index is 12.5. The Kier molecular flexibility index (Phi) is 6.43. The second kappa shape index (κ2) is 9.00. The van der Waals surface area contributed by atoms with E-state index in [0.29, 0.717) is 18.3 Å². The summed E-state index contributed by atoms with van der Waals surface area (Å²) in [5.74, 6) is 1.22. The van der Waals surface area contributed by atoms with Crippen molar-refractivity contribution in [2.45, 2.75) is 33.0 Å². The Labute approximate surface area is 168 Å². The van der Waals surface area contributed by atoms with Crippen LogP contribution in [0.25, 0.3) is 11.5 Å². The van der Waals surface area contributed by atoms with Crippen molar-refractivity contribution in [3.05, 3.63) is 59.5 Å². The summed E-state index contributed by atoms with van der Waals surface area (Å²) in [6.07, 6.45) is 0. The van der Waals surface area contributed by atoms with Gasteiger partial charge in [0.15, 0.2) is 11.5 Å². The van der Waals surface area contributed by atoms with Gasteiger partial charge in [-0.1, -0.05) is 23.8 Å². The lowest BCUT2D eigenvalue weighted by atomic mass is 10.1. The Morgan fingerprint density at radius 1 is 1.07 bits per heavy atom. The Balaban J connectivity index is 1.70. The van der Waals surface area contributed by atoms with Gasteiger partial charge in [0, 0.05) is 12.1 Å². The van der Waals surface area contributed by atoms with Gasteiger partial charge < -0.3 is 13.9 Å². The molecule has 6 nitrogen and oxygen atoms in total. The van der Waals surface area contributed by atoms with Gasteiger partial charge in [-0.2, -0.15) is 8.78 Å². The highest BCUT2D eigenvalue weighted by Gasteiger charge is 2.20. The molecule has 0 aliphatic heterocycles. The molecule has 1 unspecified atom stereocenters. The van der Waals surface area contributed by atoms with Crippen LogP contribution in [0.3, 0.4) is 0 Å². The molecule has 0 saturated heterocycles. The quantitative estimate of drug-likeness (QED) is 0.536. The fraction of sp³-hybridized carbons (Fsp3) is 0.333. The maximum absolute atomic E-state index is 12.5. The predicted octanol–water partition coefficient (Wildman–Crippen LogP) is 4.85. The lowest BCUT2D eigenvalue weighted by Gasteiger charge is -2.22. The predicted molar refractivity (Wildman–Crippen MR) is 104 cm³/mol. The SMILES string of the molecule is COc1cc(CN(C)C(C)c2nnc(-c3ccc(C)cc3)o2)ccc1OC(F)F. The molecule has 0 saturated carbocycles. The fourth-order valence-electron chi connectivity index (χ4n) is 2.83. The van der Waals surface area contributed by atoms with E-state index >= 15 is 0 Å². The number of rotatable bonds is 8. The molecule has 1 heterocycles. The first kappa shape index (κ1) is 20.7. The largest absolute Gasteiger partial charge is 0.493 e. The molecule has 3 rings (SSSR count). The van der Waals surface area contributed by atoms with Crippen LogP contribution in [0.4, 0.5) is 8.78 Å². The molecule has 0 amide bonds. The second-order valence-corrected chi connectivity index (χ2v) is 6.77. The van der Waals surface area contributed by atoms with Gasteiger partial charge in [-0.25, -0.2) is 0 Å². The van der Waals surface area contributed by atoms with Crippen molar-refractivity contribution in [2.75, 3.05) is 14.2 Å². The lowest BCUT2D eigenvalue weighted by Crippen LogP contribution is -2.22. The van der Waals surface area contributed by atoms with Gasteiger partial charge >= 0.3 is 6.61 Å². The summed E-state index contributed by atoms with van der Waals surface area (Å²) in [4.78, 5) is 2.01. The highest BCUT2D eigenvalue weighted by molar-refractivity contribution is 5.52. The summed E-state index contributed by atoms with van der Waals surface area (Å²) < 4.78 is 40.4. The minimum absolute atomic E-state index is 0.00147. The van der Waals surface area contributed by atoms with Crippen LogP contribution < -0.4 is 9.47 Å². The van der Waals surface area contributed by atoms with E-state index in [1.807, 2.05) is 50.1 Å². The number of methoxy groups -OCH3 is 1. The molecule has 2 aromatic carbocycles. The van der Waals surface area contributed by atoms with Gasteiger partial charge in [-0.05, 0) is 50.7 Å². The lowest BCUT2D eigenvalue weighted by molar-refractivity contribution is -0.0512. The molecule has 0 aliphatic rings. The number of aromatic nitrogens is 2. The van der Waals surface area contributed by atoms with Crippen molar-refractivity contribution in [3.8, 4) is 23.0 Å². The van der Waals surface area contributed by atoms with Gasteiger partial charge in [0.25, 0.3) is 0 Å². The number of ether oxygens (including phenoxy) is 2. The smallest absolute Gasteiger partial charge is 0.387 e. The van der Waals surface area contributed by atoms with E-state index in [4.69, 9.17) is 9.15 Å². The molecule has 154 valence electrons. The minimum Gasteiger partial charge on any atom is -0.493 e. The van der Waals surface area contributed by atoms with Crippen molar-refractivity contribution >= 4 is 0 Å². The summed E-state index contributed by atoms with van der Waals surface area (Å²) in [6, 6.07) is 12.6. The monoisotopic (exact) mass is 403 g/mol. The molecule has 0 spiro atoms. The van der Waals surface area contributed by atoms with Crippen LogP contribution in [0.2, 0.25) is 0 Å². The molecule has 0 radical (unpaired) electrons. The molecular weight excluding hydrogens is 380 g/mol. The van der Waals surface area contributed by atoms with E-state index in [1.54, 1.807) is 12.1 Å². The van der Waals surface area contributed by atoms with E-state index in [0.717, 1.165) is 16.7 Å². The van der Waals surface area contributed by atoms with Gasteiger partial charge in [0.2, 0.25) is 11.8 Å². The molecule has 0 aliphatic carbocycles. The van der Waals surface area contributed by atoms with E-state index in [9.17, 15) is 8.78 Å². The number of hydrogen-bond donors (Lipinski definition) is 0. The summed E-state index contributed by atoms with van der Waals surface area (Å²) in [5, 5.41) is 8.31. The van der Waals surface area contributed by atoms with Crippen molar-refractivity contribution < 1.29 is 22.7 Å². The highest BCUT2D eigenvalue weighted by Crippen LogP contribution is 2.31. The summed E-state index contributed by atoms with van der Waals surface area (Å²) in [7, 11) is 3.32. The molecule has 1 aromatic heterocycles. The van der Waals surface area contributed by atoms with Crippen LogP contribution in [0.1, 0.15) is 30.0 Å². The number of hydrogen-bond acceptors (Lipinski definition) is 6. The maximum Gasteiger partial charge on any atom is 0.387 e. The number of nitrogens with zero attached hydrogens (tertiary/aromatic N) is 3. The molecule has 0 N–H and O–H groups in total. The van der Waals surface area contributed by atoms with Crippen molar-refractivity contribution in [3.63, 3.8) is 0 Å². The third kappa shape index (κ3) is 5.08. The molecule has 0 bridgehead atoms. The molecular formula is C21H23F2N3O3. The molecule has 8 heteroatoms. The van der Waals surface area contributed by atoms with Crippen LogP contribution in [0, 0.1) is 6.92 Å². The number of halogens is 2. The third-order valence-electron chi connectivity index (χ3n) is 4.63. The Hall–Kier alpha value is -3.00. The van der Waals surface area contributed by atoms with E-state index < -0.39 is 6.61 Å². The van der Waals surface area contributed by atoms with Crippen molar-refractivity contribution in [1.29, 1.82) is 0 Å². The van der Waals surface area contributed by atoms with Gasteiger partial charge in [0.1, 0.15) is 0 Å². The number of aryl methyl sites for hydroxylation is 1. The molecule has 3 aromatic rings. The van der Waals surface area contributed by atoms with E-state index in [1.165, 1.54) is 13.2 Å². The first-order valence-corrected chi connectivity index (χ1v) is 9.09. The van der Waals surface area contributed by atoms with Crippen LogP contribution >= 0.6 is 0 Å². The fourth-order valence-corrected chi connectivity index (χ4v) is 2.83. The summed E-state index contributed by atoms with van der Waals surface area (Å²) >= 11 is 0. The summed E-state index contributed by atoms with van der Waals surface area (Å²) in [6.45, 7) is 1.59. The second-order valence-electron chi connectivity index (χ2n) is 6.77. The average molecular weight is 403 g/mol. The topological polar surface area (TPSA) is 60.6 Å². The van der Waals surface area contributed by atoms with Gasteiger partial charge in [-0.3, -0.25) is 4.90 Å². The Bertz CT molecular complexity index is 945. The molecule has 29 heavy (non-hydrogen) atoms. The summed E-state index contributed by atoms with van der Waals surface area (Å²) in [5.41, 5.74) is 2.89. The zero-order valence-electron chi connectivity index (χ0n) is 16.7. The number of benzene rings is 2. The first-order valence-electron chi connectivity index (χ1n) is 9.09. The zero-order chi connectivity index (χ0) is 21.0. The van der Waals surface area contributed by atoms with Crippen LogP contribution in [0.15, 0.2) is 46.9 Å². The van der Waals surface area contributed by atoms with Gasteiger partial charge in [0.05, 0.1) is 13.2 Å². The Morgan fingerprint density at radius 2 is 1.79 bits per heavy atom. The molecule has 0 fully saturated rings. The van der Waals surface area contributed by atoms with Gasteiger partial charge in [-0.15, -0.1) is 10.2 Å². The zero-order valence-corrected chi connectivity index (χ0v) is 16.7. The average Bonchev–Trinajstić information content (AvgIpc) is 3.18. The van der Waals surface area contributed by atoms with Crippen LogP contribution in [-0.4, -0.2) is 35.9 Å². The van der Waals surface area contributed by atoms with E-state index in [2.05, 4.69) is 14.9 Å². The van der Waals surface area contributed by atoms with Crippen molar-refractivity contribution in [1.82, 2.24) is 15.1 Å². The van der Waals surface area contributed by atoms with Crippen LogP contribution in [0.5, 0.6) is 11.5 Å². The third-order valence-corrected chi connectivity index (χ3v) is 4.63. The highest BCUT2D eigenvalue weighted by atomic mass is 19.3.